The van der Waals surface area contributed by atoms with E-state index in [0.717, 1.165) is 24.4 Å². The molecule has 3 amide bonds. The van der Waals surface area contributed by atoms with Crippen molar-refractivity contribution < 1.29 is 9.59 Å². The number of thioether (sulfide) groups is 1. The standard InChI is InChI=1S/C15H20N6O2S/c1-3-9-21-13(11-5-7-16-8-6-11)19-20-15(21)24-10-12(22)18-14(23)17-4-2/h5-8H,3-4,9-10H2,1-2H3,(H2,17,18,22,23). The molecule has 0 radical (unpaired) electrons. The highest BCUT2D eigenvalue weighted by Crippen LogP contribution is 2.23. The third kappa shape index (κ3) is 4.79. The fourth-order valence-electron chi connectivity index (χ4n) is 2.03. The van der Waals surface area contributed by atoms with Crippen LogP contribution in [0.4, 0.5) is 4.79 Å². The van der Waals surface area contributed by atoms with Gasteiger partial charge in [-0.3, -0.25) is 15.1 Å². The topological polar surface area (TPSA) is 102 Å². The Morgan fingerprint density at radius 1 is 1.21 bits per heavy atom. The Labute approximate surface area is 144 Å². The summed E-state index contributed by atoms with van der Waals surface area (Å²) in [7, 11) is 0. The van der Waals surface area contributed by atoms with Gasteiger partial charge in [0.05, 0.1) is 5.75 Å². The number of amides is 3. The van der Waals surface area contributed by atoms with Crippen LogP contribution in [-0.4, -0.2) is 44.0 Å². The first-order valence-electron chi connectivity index (χ1n) is 7.69. The molecule has 9 heteroatoms. The second-order valence-corrected chi connectivity index (χ2v) is 5.83. The fraction of sp³-hybridized carbons (Fsp3) is 0.400. The van der Waals surface area contributed by atoms with E-state index in [-0.39, 0.29) is 11.7 Å². The smallest absolute Gasteiger partial charge is 0.321 e. The van der Waals surface area contributed by atoms with Gasteiger partial charge in [-0.15, -0.1) is 10.2 Å². The molecule has 2 aromatic heterocycles. The maximum atomic E-state index is 11.8. The maximum absolute atomic E-state index is 11.8. The molecule has 2 rings (SSSR count). The Hall–Kier alpha value is -2.42. The molecule has 24 heavy (non-hydrogen) atoms. The normalized spacial score (nSPS) is 10.4. The highest BCUT2D eigenvalue weighted by atomic mass is 32.2. The van der Waals surface area contributed by atoms with Gasteiger partial charge in [0.1, 0.15) is 0 Å². The first kappa shape index (κ1) is 17.9. The first-order valence-corrected chi connectivity index (χ1v) is 8.68. The number of pyridine rings is 1. The number of nitrogens with one attached hydrogen (secondary N) is 2. The lowest BCUT2D eigenvalue weighted by Crippen LogP contribution is -2.40. The van der Waals surface area contributed by atoms with Crippen molar-refractivity contribution in [3.63, 3.8) is 0 Å². The van der Waals surface area contributed by atoms with E-state index < -0.39 is 6.03 Å². The Kier molecular flexibility index (Phi) is 6.74. The molecule has 0 atom stereocenters. The van der Waals surface area contributed by atoms with Gasteiger partial charge < -0.3 is 9.88 Å². The van der Waals surface area contributed by atoms with Crippen LogP contribution in [0.25, 0.3) is 11.4 Å². The Morgan fingerprint density at radius 3 is 2.62 bits per heavy atom. The third-order valence-corrected chi connectivity index (χ3v) is 3.99. The van der Waals surface area contributed by atoms with Gasteiger partial charge in [-0.2, -0.15) is 0 Å². The summed E-state index contributed by atoms with van der Waals surface area (Å²) in [5.74, 6) is 0.461. The van der Waals surface area contributed by atoms with Gasteiger partial charge in [-0.05, 0) is 25.5 Å². The van der Waals surface area contributed by atoms with Crippen LogP contribution < -0.4 is 10.6 Å². The number of nitrogens with zero attached hydrogens (tertiary/aromatic N) is 4. The van der Waals surface area contributed by atoms with Crippen molar-refractivity contribution in [1.29, 1.82) is 0 Å². The zero-order valence-corrected chi connectivity index (χ0v) is 14.5. The number of hydrogen-bond acceptors (Lipinski definition) is 6. The van der Waals surface area contributed by atoms with Crippen LogP contribution in [0.5, 0.6) is 0 Å². The van der Waals surface area contributed by atoms with E-state index >= 15 is 0 Å². The number of carbonyl (C=O) groups excluding carboxylic acids is 2. The molecule has 0 spiro atoms. The third-order valence-electron chi connectivity index (χ3n) is 3.03. The van der Waals surface area contributed by atoms with E-state index in [1.54, 1.807) is 19.3 Å². The molecule has 8 nitrogen and oxygen atoms in total. The van der Waals surface area contributed by atoms with Crippen LogP contribution in [0, 0.1) is 0 Å². The van der Waals surface area contributed by atoms with Crippen LogP contribution in [-0.2, 0) is 11.3 Å². The van der Waals surface area contributed by atoms with Gasteiger partial charge in [0, 0.05) is 31.0 Å². The first-order chi connectivity index (χ1) is 11.7. The average molecular weight is 348 g/mol. The molecule has 2 N–H and O–H groups in total. The molecule has 0 saturated carbocycles. The monoisotopic (exact) mass is 348 g/mol. The predicted molar refractivity (Wildman–Crippen MR) is 91.5 cm³/mol. The number of hydrogen-bond donors (Lipinski definition) is 2. The minimum Gasteiger partial charge on any atom is -0.338 e. The van der Waals surface area contributed by atoms with E-state index in [9.17, 15) is 9.59 Å². The van der Waals surface area contributed by atoms with Crippen LogP contribution in [0.2, 0.25) is 0 Å². The maximum Gasteiger partial charge on any atom is 0.321 e. The minimum absolute atomic E-state index is 0.0926. The Bertz CT molecular complexity index is 689. The molecule has 0 fully saturated rings. The van der Waals surface area contributed by atoms with Gasteiger partial charge in [0.2, 0.25) is 5.91 Å². The zero-order chi connectivity index (χ0) is 17.4. The summed E-state index contributed by atoms with van der Waals surface area (Å²) in [6.07, 6.45) is 4.31. The van der Waals surface area contributed by atoms with E-state index in [1.165, 1.54) is 11.8 Å². The van der Waals surface area contributed by atoms with E-state index in [2.05, 4.69) is 32.7 Å². The van der Waals surface area contributed by atoms with Gasteiger partial charge in [0.15, 0.2) is 11.0 Å². The van der Waals surface area contributed by atoms with Gasteiger partial charge in [-0.25, -0.2) is 4.79 Å². The van der Waals surface area contributed by atoms with Crippen molar-refractivity contribution in [2.24, 2.45) is 0 Å². The largest absolute Gasteiger partial charge is 0.338 e. The molecular weight excluding hydrogens is 328 g/mol. The lowest BCUT2D eigenvalue weighted by Gasteiger charge is -2.09. The molecule has 0 aromatic carbocycles. The van der Waals surface area contributed by atoms with E-state index in [1.807, 2.05) is 16.7 Å². The quantitative estimate of drug-likeness (QED) is 0.738. The molecule has 0 aliphatic heterocycles. The second kappa shape index (κ2) is 9.02. The van der Waals surface area contributed by atoms with Crippen molar-refractivity contribution >= 4 is 23.7 Å². The summed E-state index contributed by atoms with van der Waals surface area (Å²) in [4.78, 5) is 27.1. The average Bonchev–Trinajstić information content (AvgIpc) is 2.97. The number of aromatic nitrogens is 4. The van der Waals surface area contributed by atoms with Gasteiger partial charge in [0.25, 0.3) is 0 Å². The Balaban J connectivity index is 2.06. The van der Waals surface area contributed by atoms with Crippen molar-refractivity contribution in [3.8, 4) is 11.4 Å². The molecule has 0 aliphatic rings. The number of urea groups is 1. The Morgan fingerprint density at radius 2 is 1.96 bits per heavy atom. The van der Waals surface area contributed by atoms with Crippen LogP contribution in [0.15, 0.2) is 29.7 Å². The summed E-state index contributed by atoms with van der Waals surface area (Å²) in [5, 5.41) is 13.8. The lowest BCUT2D eigenvalue weighted by atomic mass is 10.2. The SMILES string of the molecule is CCCn1c(SCC(=O)NC(=O)NCC)nnc1-c1ccncc1. The number of imide groups is 1. The molecular formula is C15H20N6O2S. The van der Waals surface area contributed by atoms with E-state index in [0.29, 0.717) is 11.7 Å². The van der Waals surface area contributed by atoms with Crippen molar-refractivity contribution in [2.75, 3.05) is 12.3 Å². The van der Waals surface area contributed by atoms with Crippen molar-refractivity contribution in [3.05, 3.63) is 24.5 Å². The zero-order valence-electron chi connectivity index (χ0n) is 13.7. The summed E-state index contributed by atoms with van der Waals surface area (Å²) in [6.45, 7) is 5.05. The summed E-state index contributed by atoms with van der Waals surface area (Å²) >= 11 is 1.25. The molecule has 2 aromatic rings. The molecule has 0 saturated heterocycles. The molecule has 0 aliphatic carbocycles. The molecule has 0 unspecified atom stereocenters. The summed E-state index contributed by atoms with van der Waals surface area (Å²) in [6, 6.07) is 3.24. The van der Waals surface area contributed by atoms with Crippen LogP contribution in [0.3, 0.4) is 0 Å². The van der Waals surface area contributed by atoms with Crippen molar-refractivity contribution in [2.45, 2.75) is 32.0 Å². The number of rotatable bonds is 7. The minimum atomic E-state index is -0.490. The summed E-state index contributed by atoms with van der Waals surface area (Å²) in [5.41, 5.74) is 0.921. The van der Waals surface area contributed by atoms with Crippen molar-refractivity contribution in [1.82, 2.24) is 30.4 Å². The number of carbonyl (C=O) groups is 2. The highest BCUT2D eigenvalue weighted by Gasteiger charge is 2.15. The van der Waals surface area contributed by atoms with Crippen LogP contribution >= 0.6 is 11.8 Å². The summed E-state index contributed by atoms with van der Waals surface area (Å²) < 4.78 is 1.97. The fourth-order valence-corrected chi connectivity index (χ4v) is 2.80. The molecule has 2 heterocycles. The highest BCUT2D eigenvalue weighted by molar-refractivity contribution is 7.99. The molecule has 0 bridgehead atoms. The van der Waals surface area contributed by atoms with Crippen LogP contribution in [0.1, 0.15) is 20.3 Å². The van der Waals surface area contributed by atoms with Gasteiger partial charge in [-0.1, -0.05) is 18.7 Å². The lowest BCUT2D eigenvalue weighted by molar-refractivity contribution is -0.117. The molecule has 128 valence electrons. The second-order valence-electron chi connectivity index (χ2n) is 4.89. The van der Waals surface area contributed by atoms with E-state index in [4.69, 9.17) is 0 Å². The van der Waals surface area contributed by atoms with Gasteiger partial charge >= 0.3 is 6.03 Å². The predicted octanol–water partition coefficient (Wildman–Crippen LogP) is 1.69.